The maximum Gasteiger partial charge on any atom is 0.246 e. The summed E-state index contributed by atoms with van der Waals surface area (Å²) in [7, 11) is 0. The number of carbonyl (C=O) groups excluding carboxylic acids is 1. The molecule has 1 amide bonds. The van der Waals surface area contributed by atoms with Gasteiger partial charge in [-0.25, -0.2) is 0 Å². The lowest BCUT2D eigenvalue weighted by Crippen LogP contribution is -2.31. The molecular weight excluding hydrogens is 316 g/mol. The van der Waals surface area contributed by atoms with Crippen LogP contribution in [-0.2, 0) is 10.2 Å². The van der Waals surface area contributed by atoms with E-state index in [9.17, 15) is 4.79 Å². The zero-order chi connectivity index (χ0) is 18.0. The molecule has 0 bridgehead atoms. The van der Waals surface area contributed by atoms with E-state index in [0.29, 0.717) is 17.2 Å². The van der Waals surface area contributed by atoms with Crippen molar-refractivity contribution in [2.24, 2.45) is 0 Å². The van der Waals surface area contributed by atoms with Gasteiger partial charge in [0.15, 0.2) is 11.5 Å². The average molecular weight is 340 g/mol. The fraction of sp³-hybridized carbons (Fsp3) is 0.350. The van der Waals surface area contributed by atoms with Crippen molar-refractivity contribution < 1.29 is 14.3 Å². The molecule has 1 atom stereocenters. The predicted octanol–water partition coefficient (Wildman–Crippen LogP) is 4.15. The highest BCUT2D eigenvalue weighted by Gasteiger charge is 2.17. The van der Waals surface area contributed by atoms with Gasteiger partial charge in [0.1, 0.15) is 6.04 Å². The molecule has 0 spiro atoms. The highest BCUT2D eigenvalue weighted by Crippen LogP contribution is 2.34. The number of hydrogen-bond acceptors (Lipinski definition) is 4. The maximum absolute atomic E-state index is 12.4. The van der Waals surface area contributed by atoms with Crippen LogP contribution in [0.15, 0.2) is 42.5 Å². The third-order valence-electron chi connectivity index (χ3n) is 4.17. The van der Waals surface area contributed by atoms with Crippen LogP contribution in [0.1, 0.15) is 33.3 Å². The zero-order valence-corrected chi connectivity index (χ0v) is 15.1. The Hall–Kier alpha value is -2.69. The summed E-state index contributed by atoms with van der Waals surface area (Å²) < 4.78 is 10.6. The van der Waals surface area contributed by atoms with Crippen molar-refractivity contribution in [3.8, 4) is 11.5 Å². The lowest BCUT2D eigenvalue weighted by Gasteiger charge is -2.20. The van der Waals surface area contributed by atoms with Crippen molar-refractivity contribution in [1.29, 1.82) is 0 Å². The summed E-state index contributed by atoms with van der Waals surface area (Å²) in [5.41, 5.74) is 2.98. The molecule has 0 fully saturated rings. The molecule has 1 aliphatic rings. The van der Waals surface area contributed by atoms with E-state index in [2.05, 4.69) is 43.5 Å². The van der Waals surface area contributed by atoms with Gasteiger partial charge in [0, 0.05) is 17.4 Å². The summed E-state index contributed by atoms with van der Waals surface area (Å²) >= 11 is 0. The first-order valence-electron chi connectivity index (χ1n) is 8.40. The first-order valence-corrected chi connectivity index (χ1v) is 8.40. The van der Waals surface area contributed by atoms with Gasteiger partial charge in [-0.3, -0.25) is 4.79 Å². The van der Waals surface area contributed by atoms with E-state index in [1.54, 1.807) is 18.2 Å². The van der Waals surface area contributed by atoms with Crippen LogP contribution in [0.25, 0.3) is 0 Å². The molecule has 1 aliphatic heterocycles. The number of fused-ring (bicyclic) bond motifs is 1. The Kier molecular flexibility index (Phi) is 4.57. The lowest BCUT2D eigenvalue weighted by atomic mass is 9.87. The summed E-state index contributed by atoms with van der Waals surface area (Å²) in [5, 5.41) is 6.12. The van der Waals surface area contributed by atoms with Crippen LogP contribution in [-0.4, -0.2) is 18.7 Å². The normalized spacial score (nSPS) is 14.1. The minimum absolute atomic E-state index is 0.112. The van der Waals surface area contributed by atoms with Crippen molar-refractivity contribution in [1.82, 2.24) is 0 Å². The van der Waals surface area contributed by atoms with Gasteiger partial charge >= 0.3 is 0 Å². The molecule has 0 saturated heterocycles. The minimum Gasteiger partial charge on any atom is -0.454 e. The highest BCUT2D eigenvalue weighted by molar-refractivity contribution is 5.96. The van der Waals surface area contributed by atoms with Gasteiger partial charge in [0.25, 0.3) is 0 Å². The highest BCUT2D eigenvalue weighted by atomic mass is 16.7. The topological polar surface area (TPSA) is 59.6 Å². The molecule has 2 N–H and O–H groups in total. The average Bonchev–Trinajstić information content (AvgIpc) is 3.02. The number of hydrogen-bond donors (Lipinski definition) is 2. The van der Waals surface area contributed by atoms with Gasteiger partial charge in [-0.1, -0.05) is 32.9 Å². The summed E-state index contributed by atoms with van der Waals surface area (Å²) in [5.74, 6) is 1.23. The minimum atomic E-state index is -0.370. The molecule has 0 saturated carbocycles. The molecule has 2 aromatic rings. The van der Waals surface area contributed by atoms with Crippen molar-refractivity contribution >= 4 is 17.3 Å². The molecule has 0 radical (unpaired) electrons. The monoisotopic (exact) mass is 340 g/mol. The molecule has 5 nitrogen and oxygen atoms in total. The van der Waals surface area contributed by atoms with Crippen molar-refractivity contribution in [3.05, 3.63) is 48.0 Å². The second-order valence-electron chi connectivity index (χ2n) is 7.25. The molecule has 25 heavy (non-hydrogen) atoms. The van der Waals surface area contributed by atoms with Crippen LogP contribution >= 0.6 is 0 Å². The number of ether oxygens (including phenoxy) is 2. The Bertz CT molecular complexity index is 764. The summed E-state index contributed by atoms with van der Waals surface area (Å²) in [6, 6.07) is 13.2. The van der Waals surface area contributed by atoms with Gasteiger partial charge < -0.3 is 20.1 Å². The Morgan fingerprint density at radius 1 is 1.00 bits per heavy atom. The molecule has 0 aliphatic carbocycles. The summed E-state index contributed by atoms with van der Waals surface area (Å²) in [4.78, 5) is 12.4. The molecule has 0 unspecified atom stereocenters. The van der Waals surface area contributed by atoms with Crippen molar-refractivity contribution in [2.75, 3.05) is 17.4 Å². The fourth-order valence-electron chi connectivity index (χ4n) is 2.61. The molecule has 5 heteroatoms. The predicted molar refractivity (Wildman–Crippen MR) is 99.4 cm³/mol. The van der Waals surface area contributed by atoms with E-state index in [1.165, 1.54) is 5.56 Å². The molecule has 3 rings (SSSR count). The van der Waals surface area contributed by atoms with E-state index in [-0.39, 0.29) is 24.2 Å². The second kappa shape index (κ2) is 6.67. The molecular formula is C20H24N2O3. The molecule has 132 valence electrons. The molecule has 0 aromatic heterocycles. The van der Waals surface area contributed by atoms with Gasteiger partial charge in [-0.2, -0.15) is 0 Å². The van der Waals surface area contributed by atoms with Crippen molar-refractivity contribution in [2.45, 2.75) is 39.2 Å². The van der Waals surface area contributed by atoms with Gasteiger partial charge in [-0.15, -0.1) is 0 Å². The maximum atomic E-state index is 12.4. The van der Waals surface area contributed by atoms with E-state index in [0.717, 1.165) is 5.69 Å². The van der Waals surface area contributed by atoms with E-state index >= 15 is 0 Å². The number of nitrogens with one attached hydrogen (secondary N) is 2. The van der Waals surface area contributed by atoms with Gasteiger partial charge in [0.2, 0.25) is 12.7 Å². The molecule has 2 aromatic carbocycles. The largest absolute Gasteiger partial charge is 0.454 e. The van der Waals surface area contributed by atoms with Crippen LogP contribution < -0.4 is 20.1 Å². The zero-order valence-electron chi connectivity index (χ0n) is 15.1. The van der Waals surface area contributed by atoms with Crippen LogP contribution in [0.3, 0.4) is 0 Å². The van der Waals surface area contributed by atoms with Gasteiger partial charge in [0.05, 0.1) is 0 Å². The first-order chi connectivity index (χ1) is 11.8. The Morgan fingerprint density at radius 2 is 1.64 bits per heavy atom. The number of amides is 1. The number of rotatable bonds is 4. The lowest BCUT2D eigenvalue weighted by molar-refractivity contribution is -0.116. The van der Waals surface area contributed by atoms with Gasteiger partial charge in [-0.05, 0) is 42.2 Å². The SMILES string of the molecule is C[C@H](Nc1ccc(C(C)(C)C)cc1)C(=O)Nc1ccc2c(c1)OCO2. The van der Waals surface area contributed by atoms with E-state index in [1.807, 2.05) is 19.1 Å². The van der Waals surface area contributed by atoms with E-state index in [4.69, 9.17) is 9.47 Å². The third kappa shape index (κ3) is 4.05. The van der Waals surface area contributed by atoms with E-state index < -0.39 is 0 Å². The summed E-state index contributed by atoms with van der Waals surface area (Å²) in [6.07, 6.45) is 0. The van der Waals surface area contributed by atoms with Crippen LogP contribution in [0.5, 0.6) is 11.5 Å². The second-order valence-corrected chi connectivity index (χ2v) is 7.25. The van der Waals surface area contributed by atoms with Crippen LogP contribution in [0, 0.1) is 0 Å². The van der Waals surface area contributed by atoms with Crippen LogP contribution in [0.4, 0.5) is 11.4 Å². The number of anilines is 2. The fourth-order valence-corrected chi connectivity index (χ4v) is 2.61. The quantitative estimate of drug-likeness (QED) is 0.878. The van der Waals surface area contributed by atoms with Crippen molar-refractivity contribution in [3.63, 3.8) is 0 Å². The number of benzene rings is 2. The standard InChI is InChI=1S/C20H24N2O3/c1-13(21-15-7-5-14(6-8-15)20(2,3)4)19(23)22-16-9-10-17-18(11-16)25-12-24-17/h5-11,13,21H,12H2,1-4H3,(H,22,23)/t13-/m0/s1. The first kappa shape index (κ1) is 17.1. The third-order valence-corrected chi connectivity index (χ3v) is 4.17. The smallest absolute Gasteiger partial charge is 0.246 e. The Balaban J connectivity index is 1.61. The Labute approximate surface area is 148 Å². The number of carbonyl (C=O) groups is 1. The summed E-state index contributed by atoms with van der Waals surface area (Å²) in [6.45, 7) is 8.58. The Morgan fingerprint density at radius 3 is 2.32 bits per heavy atom. The molecule has 1 heterocycles. The van der Waals surface area contributed by atoms with Crippen LogP contribution in [0.2, 0.25) is 0 Å².